The number of unbranched alkanes of at least 4 members (excludes halogenated alkanes) is 3. The number of rotatable bonds is 21. The Balaban J connectivity index is 1.39. The summed E-state index contributed by atoms with van der Waals surface area (Å²) in [7, 11) is 0. The zero-order valence-electron chi connectivity index (χ0n) is 20.6. The van der Waals surface area contributed by atoms with Gasteiger partial charge in [0.25, 0.3) is 0 Å². The third-order valence-electron chi connectivity index (χ3n) is 5.29. The van der Waals surface area contributed by atoms with Gasteiger partial charge < -0.3 is 48.8 Å². The summed E-state index contributed by atoms with van der Waals surface area (Å²) in [5, 5.41) is 46.0. The minimum Gasteiger partial charge on any atom is -0.394 e. The molecule has 14 heteroatoms. The van der Waals surface area contributed by atoms with E-state index < -0.39 is 30.0 Å². The second-order valence-electron chi connectivity index (χ2n) is 8.24. The maximum Gasteiger partial charge on any atom is 0.187 e. The predicted octanol–water partition coefficient (Wildman–Crippen LogP) is -0.891. The number of hydrogen-bond donors (Lipinski definition) is 5. The molecule has 210 valence electrons. The van der Waals surface area contributed by atoms with Crippen LogP contribution in [0.4, 0.5) is 0 Å². The maximum atomic E-state index is 9.89. The van der Waals surface area contributed by atoms with Gasteiger partial charge in [0.1, 0.15) is 29.4 Å². The Kier molecular flexibility index (Phi) is 16.7. The van der Waals surface area contributed by atoms with Crippen LogP contribution < -0.4 is 0 Å². The standard InChI is InChI=1S/C22H41N3O10S/c26-6-10-31-12-14-32-13-11-30-9-5-25-15-17(23-24-25)16-33-7-3-1-2-4-8-34-21-19(28)18(27)20(29)22(36)35-21/h15,18-22,26-29,36H,1-14,16H2/t18?,19?,20-,21+,22?/m0/s1. The van der Waals surface area contributed by atoms with Crippen molar-refractivity contribution in [2.45, 2.75) is 68.9 Å². The summed E-state index contributed by atoms with van der Waals surface area (Å²) in [6.07, 6.45) is 0.452. The summed E-state index contributed by atoms with van der Waals surface area (Å²) in [5.41, 5.74) is -0.143. The number of hydrogen-bond acceptors (Lipinski definition) is 13. The molecular weight excluding hydrogens is 498 g/mol. The van der Waals surface area contributed by atoms with E-state index in [4.69, 9.17) is 33.5 Å². The van der Waals surface area contributed by atoms with Crippen molar-refractivity contribution in [3.05, 3.63) is 11.9 Å². The Bertz CT molecular complexity index is 674. The fraction of sp³-hybridized carbons (Fsp3) is 0.909. The molecule has 1 aliphatic rings. The van der Waals surface area contributed by atoms with Crippen molar-refractivity contribution in [3.63, 3.8) is 0 Å². The van der Waals surface area contributed by atoms with Crippen LogP contribution in [0.1, 0.15) is 31.4 Å². The van der Waals surface area contributed by atoms with E-state index in [1.54, 1.807) is 4.68 Å². The van der Waals surface area contributed by atoms with Crippen molar-refractivity contribution in [3.8, 4) is 0 Å². The van der Waals surface area contributed by atoms with E-state index in [9.17, 15) is 15.3 Å². The van der Waals surface area contributed by atoms with Crippen molar-refractivity contribution in [1.29, 1.82) is 0 Å². The molecule has 0 saturated carbocycles. The van der Waals surface area contributed by atoms with Gasteiger partial charge in [0.05, 0.1) is 65.6 Å². The smallest absolute Gasteiger partial charge is 0.187 e. The van der Waals surface area contributed by atoms with Gasteiger partial charge in [-0.2, -0.15) is 0 Å². The van der Waals surface area contributed by atoms with E-state index in [0.717, 1.165) is 31.4 Å². The third-order valence-corrected chi connectivity index (χ3v) is 5.72. The van der Waals surface area contributed by atoms with Crippen LogP contribution in [0.5, 0.6) is 0 Å². The molecule has 0 aliphatic carbocycles. The lowest BCUT2D eigenvalue weighted by molar-refractivity contribution is -0.278. The molecule has 1 aromatic heterocycles. The van der Waals surface area contributed by atoms with Crippen molar-refractivity contribution < 1.29 is 48.8 Å². The van der Waals surface area contributed by atoms with E-state index in [0.29, 0.717) is 66.0 Å². The Labute approximate surface area is 217 Å². The Morgan fingerprint density at radius 2 is 1.47 bits per heavy atom. The maximum absolute atomic E-state index is 9.89. The molecule has 36 heavy (non-hydrogen) atoms. The van der Waals surface area contributed by atoms with Crippen LogP contribution in [0.25, 0.3) is 0 Å². The van der Waals surface area contributed by atoms with Crippen LogP contribution >= 0.6 is 12.6 Å². The highest BCUT2D eigenvalue weighted by atomic mass is 32.1. The number of aromatic nitrogens is 3. The zero-order valence-corrected chi connectivity index (χ0v) is 21.5. The third kappa shape index (κ3) is 12.6. The monoisotopic (exact) mass is 539 g/mol. The van der Waals surface area contributed by atoms with Gasteiger partial charge in [-0.25, -0.2) is 4.68 Å². The molecule has 1 aliphatic heterocycles. The van der Waals surface area contributed by atoms with Crippen LogP contribution in [0.2, 0.25) is 0 Å². The lowest BCUT2D eigenvalue weighted by Gasteiger charge is -2.38. The minimum absolute atomic E-state index is 0.0143. The summed E-state index contributed by atoms with van der Waals surface area (Å²) < 4.78 is 34.0. The Hall–Kier alpha value is -0.910. The first kappa shape index (κ1) is 31.3. The highest BCUT2D eigenvalue weighted by Crippen LogP contribution is 2.24. The molecule has 4 N–H and O–H groups in total. The fourth-order valence-electron chi connectivity index (χ4n) is 3.28. The first-order valence-corrected chi connectivity index (χ1v) is 12.8. The van der Waals surface area contributed by atoms with Gasteiger partial charge in [-0.3, -0.25) is 0 Å². The quantitative estimate of drug-likeness (QED) is 0.0967. The van der Waals surface area contributed by atoms with Gasteiger partial charge in [-0.1, -0.05) is 18.1 Å². The average Bonchev–Trinajstić information content (AvgIpc) is 3.33. The van der Waals surface area contributed by atoms with Gasteiger partial charge in [-0.05, 0) is 12.8 Å². The SMILES string of the molecule is OCCOCCOCCOCCn1cc(COCCCCCCO[C@@H]2OC(S)[C@@H](O)C(O)C2O)nn1. The number of nitrogens with zero attached hydrogens (tertiary/aromatic N) is 3. The highest BCUT2D eigenvalue weighted by Gasteiger charge is 2.42. The first-order chi connectivity index (χ1) is 17.5. The summed E-state index contributed by atoms with van der Waals surface area (Å²) >= 11 is 4.03. The molecule has 3 unspecified atom stereocenters. The molecular formula is C22H41N3O10S. The molecule has 2 rings (SSSR count). The second kappa shape index (κ2) is 19.2. The largest absolute Gasteiger partial charge is 0.394 e. The lowest BCUT2D eigenvalue weighted by Crippen LogP contribution is -2.56. The second-order valence-corrected chi connectivity index (χ2v) is 8.75. The van der Waals surface area contributed by atoms with E-state index in [1.165, 1.54) is 0 Å². The summed E-state index contributed by atoms with van der Waals surface area (Å²) in [4.78, 5) is 0. The van der Waals surface area contributed by atoms with E-state index >= 15 is 0 Å². The van der Waals surface area contributed by atoms with Gasteiger partial charge >= 0.3 is 0 Å². The number of aliphatic hydroxyl groups is 4. The molecule has 0 aromatic carbocycles. The first-order valence-electron chi connectivity index (χ1n) is 12.3. The van der Waals surface area contributed by atoms with Crippen LogP contribution in [0, 0.1) is 0 Å². The van der Waals surface area contributed by atoms with E-state index in [2.05, 4.69) is 22.9 Å². The molecule has 1 saturated heterocycles. The molecule has 0 radical (unpaired) electrons. The lowest BCUT2D eigenvalue weighted by atomic mass is 10.1. The molecule has 0 amide bonds. The van der Waals surface area contributed by atoms with Gasteiger partial charge in [0.2, 0.25) is 0 Å². The minimum atomic E-state index is -1.35. The Morgan fingerprint density at radius 1 is 0.806 bits per heavy atom. The van der Waals surface area contributed by atoms with Crippen LogP contribution in [0.3, 0.4) is 0 Å². The molecule has 0 bridgehead atoms. The van der Waals surface area contributed by atoms with E-state index in [1.807, 2.05) is 6.20 Å². The topological polar surface area (TPSA) is 167 Å². The number of ether oxygens (including phenoxy) is 6. The predicted molar refractivity (Wildman–Crippen MR) is 129 cm³/mol. The number of thiol groups is 1. The van der Waals surface area contributed by atoms with Crippen molar-refractivity contribution in [1.82, 2.24) is 15.0 Å². The normalized spacial score (nSPS) is 24.4. The van der Waals surface area contributed by atoms with Crippen molar-refractivity contribution in [2.24, 2.45) is 0 Å². The molecule has 13 nitrogen and oxygen atoms in total. The van der Waals surface area contributed by atoms with Crippen LogP contribution in [0.15, 0.2) is 6.20 Å². The van der Waals surface area contributed by atoms with Gasteiger partial charge in [-0.15, -0.1) is 17.7 Å². The molecule has 5 atom stereocenters. The summed E-state index contributed by atoms with van der Waals surface area (Å²) in [5.74, 6) is 0. The molecule has 1 fully saturated rings. The summed E-state index contributed by atoms with van der Waals surface area (Å²) in [6.45, 7) is 4.69. The molecule has 1 aromatic rings. The van der Waals surface area contributed by atoms with Gasteiger partial charge in [0, 0.05) is 13.2 Å². The number of aliphatic hydroxyl groups excluding tert-OH is 4. The summed E-state index contributed by atoms with van der Waals surface area (Å²) in [6, 6.07) is 0. The zero-order chi connectivity index (χ0) is 26.0. The van der Waals surface area contributed by atoms with Crippen molar-refractivity contribution >= 4 is 12.6 Å². The highest BCUT2D eigenvalue weighted by molar-refractivity contribution is 7.80. The van der Waals surface area contributed by atoms with E-state index in [-0.39, 0.29) is 6.61 Å². The molecule has 0 spiro atoms. The average molecular weight is 540 g/mol. The van der Waals surface area contributed by atoms with Crippen molar-refractivity contribution in [2.75, 3.05) is 59.5 Å². The fourth-order valence-corrected chi connectivity index (χ4v) is 3.58. The van der Waals surface area contributed by atoms with Gasteiger partial charge in [0.15, 0.2) is 6.29 Å². The Morgan fingerprint density at radius 3 is 2.19 bits per heavy atom. The van der Waals surface area contributed by atoms with Crippen LogP contribution in [-0.4, -0.2) is 125 Å². The molecule has 2 heterocycles. The van der Waals surface area contributed by atoms with Crippen LogP contribution in [-0.2, 0) is 41.6 Å².